The predicted octanol–water partition coefficient (Wildman–Crippen LogP) is 3.52. The second kappa shape index (κ2) is 5.12. The van der Waals surface area contributed by atoms with Gasteiger partial charge in [0.2, 0.25) is 0 Å². The average Bonchev–Trinajstić information content (AvgIpc) is 2.75. The average molecular weight is 290 g/mol. The van der Waals surface area contributed by atoms with Crippen LogP contribution in [-0.4, -0.2) is 27.8 Å². The Kier molecular flexibility index (Phi) is 3.63. The Morgan fingerprint density at radius 1 is 1.29 bits per heavy atom. The number of fused-ring (bicyclic) bond motifs is 1. The third-order valence-electron chi connectivity index (χ3n) is 2.94. The summed E-state index contributed by atoms with van der Waals surface area (Å²) in [5.41, 5.74) is 1.61. The van der Waals surface area contributed by atoms with Gasteiger partial charge in [-0.3, -0.25) is 5.32 Å². The summed E-state index contributed by atoms with van der Waals surface area (Å²) in [7, 11) is 0. The maximum Gasteiger partial charge on any atom is 0.412 e. The molecular weight excluding hydrogens is 272 g/mol. The molecule has 0 saturated heterocycles. The number of anilines is 1. The molecular formula is C15H18N2O4. The van der Waals surface area contributed by atoms with Crippen LogP contribution in [0.2, 0.25) is 0 Å². The first-order valence-electron chi connectivity index (χ1n) is 6.53. The number of carboxylic acid groups (broad SMARTS) is 1. The van der Waals surface area contributed by atoms with E-state index in [0.717, 1.165) is 10.9 Å². The summed E-state index contributed by atoms with van der Waals surface area (Å²) >= 11 is 0. The van der Waals surface area contributed by atoms with Gasteiger partial charge in [-0.2, -0.15) is 0 Å². The lowest BCUT2D eigenvalue weighted by molar-refractivity contribution is 0.0633. The number of ether oxygens (including phenoxy) is 1. The predicted molar refractivity (Wildman–Crippen MR) is 79.9 cm³/mol. The number of carbonyl (C=O) groups is 2. The lowest BCUT2D eigenvalue weighted by Crippen LogP contribution is -2.27. The summed E-state index contributed by atoms with van der Waals surface area (Å²) in [6, 6.07) is 4.98. The highest BCUT2D eigenvalue weighted by molar-refractivity contribution is 5.98. The zero-order valence-electron chi connectivity index (χ0n) is 12.4. The van der Waals surface area contributed by atoms with Crippen LogP contribution < -0.4 is 5.32 Å². The second-order valence-electron chi connectivity index (χ2n) is 5.81. The van der Waals surface area contributed by atoms with Crippen molar-refractivity contribution in [1.29, 1.82) is 0 Å². The van der Waals surface area contributed by atoms with E-state index in [9.17, 15) is 9.59 Å². The number of aromatic carboxylic acids is 1. The summed E-state index contributed by atoms with van der Waals surface area (Å²) in [6.07, 6.45) is -0.543. The summed E-state index contributed by atoms with van der Waals surface area (Å²) < 4.78 is 5.20. The van der Waals surface area contributed by atoms with E-state index in [1.807, 2.05) is 6.92 Å². The Hall–Kier alpha value is -2.50. The Balaban J connectivity index is 2.31. The van der Waals surface area contributed by atoms with Crippen molar-refractivity contribution in [2.24, 2.45) is 0 Å². The summed E-state index contributed by atoms with van der Waals surface area (Å²) in [4.78, 5) is 25.6. The molecule has 1 heterocycles. The van der Waals surface area contributed by atoms with Crippen molar-refractivity contribution < 1.29 is 19.4 Å². The van der Waals surface area contributed by atoms with Crippen molar-refractivity contribution in [3.8, 4) is 0 Å². The van der Waals surface area contributed by atoms with Crippen LogP contribution in [0, 0.1) is 6.92 Å². The van der Waals surface area contributed by atoms with Crippen LogP contribution >= 0.6 is 0 Å². The molecule has 2 aromatic rings. The molecule has 0 aliphatic carbocycles. The summed E-state index contributed by atoms with van der Waals surface area (Å²) in [6.45, 7) is 7.17. The number of carboxylic acids is 1. The van der Waals surface area contributed by atoms with Crippen molar-refractivity contribution in [2.75, 3.05) is 5.32 Å². The Labute approximate surface area is 122 Å². The van der Waals surface area contributed by atoms with Crippen molar-refractivity contribution in [3.05, 3.63) is 29.5 Å². The maximum atomic E-state index is 11.8. The molecule has 0 fully saturated rings. The molecule has 1 aromatic carbocycles. The summed E-state index contributed by atoms with van der Waals surface area (Å²) in [5, 5.41) is 12.4. The summed E-state index contributed by atoms with van der Waals surface area (Å²) in [5.74, 6) is -1.02. The fourth-order valence-electron chi connectivity index (χ4n) is 2.01. The smallest absolute Gasteiger partial charge is 0.412 e. The Morgan fingerprint density at radius 2 is 1.95 bits per heavy atom. The minimum atomic E-state index is -1.02. The lowest BCUT2D eigenvalue weighted by Gasteiger charge is -2.20. The number of benzene rings is 1. The van der Waals surface area contributed by atoms with Gasteiger partial charge in [0.1, 0.15) is 11.3 Å². The van der Waals surface area contributed by atoms with Crippen LogP contribution in [0.25, 0.3) is 10.9 Å². The Morgan fingerprint density at radius 3 is 2.52 bits per heavy atom. The number of nitrogens with one attached hydrogen (secondary N) is 2. The van der Waals surface area contributed by atoms with Gasteiger partial charge in [-0.25, -0.2) is 9.59 Å². The molecule has 21 heavy (non-hydrogen) atoms. The van der Waals surface area contributed by atoms with Crippen molar-refractivity contribution in [1.82, 2.24) is 4.98 Å². The number of H-pyrrole nitrogens is 1. The number of hydrogen-bond donors (Lipinski definition) is 3. The van der Waals surface area contributed by atoms with E-state index >= 15 is 0 Å². The SMILES string of the molecule is Cc1c(NC(=O)OC(C)(C)C)ccc2[nH]c(C(=O)O)cc12. The first-order valence-corrected chi connectivity index (χ1v) is 6.53. The molecule has 0 radical (unpaired) electrons. The standard InChI is InChI=1S/C15H18N2O4/c1-8-9-7-12(13(18)19)16-11(9)6-5-10(8)17-14(20)21-15(2,3)4/h5-7,16H,1-4H3,(H,17,20)(H,18,19). The number of aromatic nitrogens is 1. The van der Waals surface area contributed by atoms with E-state index in [4.69, 9.17) is 9.84 Å². The van der Waals surface area contributed by atoms with Gasteiger partial charge in [-0.05, 0) is 51.5 Å². The molecule has 1 amide bonds. The van der Waals surface area contributed by atoms with E-state index in [1.165, 1.54) is 0 Å². The number of amides is 1. The number of hydrogen-bond acceptors (Lipinski definition) is 3. The molecule has 0 unspecified atom stereocenters. The van der Waals surface area contributed by atoms with Gasteiger partial charge in [-0.1, -0.05) is 0 Å². The molecule has 0 saturated carbocycles. The second-order valence-corrected chi connectivity index (χ2v) is 5.81. The van der Waals surface area contributed by atoms with Crippen LogP contribution in [0.5, 0.6) is 0 Å². The van der Waals surface area contributed by atoms with Crippen LogP contribution in [0.15, 0.2) is 18.2 Å². The topological polar surface area (TPSA) is 91.4 Å². The molecule has 0 spiro atoms. The quantitative estimate of drug-likeness (QED) is 0.789. The normalized spacial score (nSPS) is 11.4. The molecule has 0 atom stereocenters. The van der Waals surface area contributed by atoms with Gasteiger partial charge in [0.15, 0.2) is 0 Å². The monoisotopic (exact) mass is 290 g/mol. The van der Waals surface area contributed by atoms with Crippen LogP contribution in [0.1, 0.15) is 36.8 Å². The maximum absolute atomic E-state index is 11.8. The van der Waals surface area contributed by atoms with Gasteiger partial charge >= 0.3 is 12.1 Å². The molecule has 3 N–H and O–H groups in total. The number of aromatic amines is 1. The third kappa shape index (κ3) is 3.34. The molecule has 1 aromatic heterocycles. The van der Waals surface area contributed by atoms with Crippen LogP contribution in [-0.2, 0) is 4.74 Å². The van der Waals surface area contributed by atoms with E-state index in [2.05, 4.69) is 10.3 Å². The zero-order chi connectivity index (χ0) is 15.8. The highest BCUT2D eigenvalue weighted by Gasteiger charge is 2.18. The van der Waals surface area contributed by atoms with Crippen LogP contribution in [0.4, 0.5) is 10.5 Å². The minimum absolute atomic E-state index is 0.113. The highest BCUT2D eigenvalue weighted by Crippen LogP contribution is 2.26. The van der Waals surface area contributed by atoms with Crippen LogP contribution in [0.3, 0.4) is 0 Å². The molecule has 2 rings (SSSR count). The molecule has 6 nitrogen and oxygen atoms in total. The van der Waals surface area contributed by atoms with E-state index in [-0.39, 0.29) is 5.69 Å². The van der Waals surface area contributed by atoms with Crippen molar-refractivity contribution >= 4 is 28.7 Å². The van der Waals surface area contributed by atoms with Gasteiger partial charge in [0, 0.05) is 16.6 Å². The minimum Gasteiger partial charge on any atom is -0.477 e. The zero-order valence-corrected chi connectivity index (χ0v) is 12.4. The lowest BCUT2D eigenvalue weighted by atomic mass is 10.1. The molecule has 0 aliphatic heterocycles. The van der Waals surface area contributed by atoms with E-state index in [0.29, 0.717) is 11.2 Å². The largest absolute Gasteiger partial charge is 0.477 e. The first kappa shape index (κ1) is 14.9. The first-order chi connectivity index (χ1) is 9.67. The van der Waals surface area contributed by atoms with Gasteiger partial charge in [0.25, 0.3) is 0 Å². The van der Waals surface area contributed by atoms with Crippen molar-refractivity contribution in [2.45, 2.75) is 33.3 Å². The molecule has 112 valence electrons. The van der Waals surface area contributed by atoms with Gasteiger partial charge in [0.05, 0.1) is 0 Å². The highest BCUT2D eigenvalue weighted by atomic mass is 16.6. The fraction of sp³-hybridized carbons (Fsp3) is 0.333. The number of aryl methyl sites for hydroxylation is 1. The number of carbonyl (C=O) groups excluding carboxylic acids is 1. The molecule has 6 heteroatoms. The van der Waals surface area contributed by atoms with Gasteiger partial charge < -0.3 is 14.8 Å². The fourth-order valence-corrected chi connectivity index (χ4v) is 2.01. The van der Waals surface area contributed by atoms with E-state index in [1.54, 1.807) is 39.0 Å². The number of rotatable bonds is 2. The molecule has 0 aliphatic rings. The molecule has 0 bridgehead atoms. The Bertz CT molecular complexity index is 710. The van der Waals surface area contributed by atoms with Gasteiger partial charge in [-0.15, -0.1) is 0 Å². The third-order valence-corrected chi connectivity index (χ3v) is 2.94. The van der Waals surface area contributed by atoms with E-state index < -0.39 is 17.7 Å². The van der Waals surface area contributed by atoms with Crippen molar-refractivity contribution in [3.63, 3.8) is 0 Å².